The van der Waals surface area contributed by atoms with Crippen molar-refractivity contribution < 1.29 is 44.0 Å². The van der Waals surface area contributed by atoms with Crippen molar-refractivity contribution in [2.45, 2.75) is 79.0 Å². The van der Waals surface area contributed by atoms with Gasteiger partial charge in [0, 0.05) is 17.7 Å². The lowest BCUT2D eigenvalue weighted by Gasteiger charge is -2.35. The molecule has 0 radical (unpaired) electrons. The molecule has 1 aliphatic heterocycles. The van der Waals surface area contributed by atoms with Crippen molar-refractivity contribution >= 4 is 40.8 Å². The fraction of sp³-hybridized carbons (Fsp3) is 0.452. The highest BCUT2D eigenvalue weighted by molar-refractivity contribution is 6.11. The van der Waals surface area contributed by atoms with Crippen molar-refractivity contribution in [2.24, 2.45) is 5.92 Å². The Bertz CT molecular complexity index is 1330. The number of carbonyl (C=O) groups excluding carboxylic acids is 5. The number of anilines is 2. The third-order valence-electron chi connectivity index (χ3n) is 6.54. The van der Waals surface area contributed by atoms with Crippen molar-refractivity contribution in [3.63, 3.8) is 0 Å². The van der Waals surface area contributed by atoms with Crippen LogP contribution in [0.1, 0.15) is 82.0 Å². The van der Waals surface area contributed by atoms with Gasteiger partial charge in [0.1, 0.15) is 5.60 Å². The standard InChI is InChI=1S/C21H22N2O3.C10H19NO6/c1-3-6-17-13-23(19-8-5-4-7-18(19)22-20(17)25)21(26)16-11-9-15(10-12-16)14(2)24;1-6(7(2)12)11(10(14,15)16)8(13)17-9(3,4)5/h4-5,7-12,17H,3,6,13H2,1-2H3,(H,22,25);6,14-16H,1-5H3/t;6-/m.0/s1. The number of Topliss-reactive ketones (excluding diaryl/α,β-unsaturated/α-hetero) is 2. The zero-order chi connectivity index (χ0) is 32.7. The molecule has 0 saturated carbocycles. The predicted molar refractivity (Wildman–Crippen MR) is 159 cm³/mol. The molecule has 1 aliphatic rings. The average molecular weight is 600 g/mol. The molecule has 4 N–H and O–H groups in total. The predicted octanol–water partition coefficient (Wildman–Crippen LogP) is 3.69. The number of nitrogens with one attached hydrogen (secondary N) is 1. The summed E-state index contributed by atoms with van der Waals surface area (Å²) in [6, 6.07) is 12.7. The van der Waals surface area contributed by atoms with E-state index in [0.29, 0.717) is 35.5 Å². The Morgan fingerprint density at radius 1 is 1.00 bits per heavy atom. The summed E-state index contributed by atoms with van der Waals surface area (Å²) < 4.78 is 4.85. The minimum atomic E-state index is -3.45. The second kappa shape index (κ2) is 14.4. The van der Waals surface area contributed by atoms with Gasteiger partial charge in [-0.1, -0.05) is 37.6 Å². The van der Waals surface area contributed by atoms with Crippen LogP contribution in [0.4, 0.5) is 16.2 Å². The van der Waals surface area contributed by atoms with Gasteiger partial charge >= 0.3 is 12.2 Å². The molecule has 0 aliphatic carbocycles. The van der Waals surface area contributed by atoms with Crippen LogP contribution in [0.3, 0.4) is 0 Å². The summed E-state index contributed by atoms with van der Waals surface area (Å²) in [5.74, 6) is -1.06. The van der Waals surface area contributed by atoms with E-state index in [1.807, 2.05) is 25.1 Å². The maximum absolute atomic E-state index is 13.2. The van der Waals surface area contributed by atoms with Crippen molar-refractivity contribution in [1.82, 2.24) is 4.90 Å². The molecule has 2 atom stereocenters. The van der Waals surface area contributed by atoms with E-state index >= 15 is 0 Å². The van der Waals surface area contributed by atoms with Gasteiger partial charge in [-0.15, -0.1) is 0 Å². The quantitative estimate of drug-likeness (QED) is 0.273. The number of carbonyl (C=O) groups is 5. The van der Waals surface area contributed by atoms with Gasteiger partial charge in [-0.2, -0.15) is 0 Å². The first-order valence-electron chi connectivity index (χ1n) is 13.9. The van der Waals surface area contributed by atoms with Crippen LogP contribution >= 0.6 is 0 Å². The third kappa shape index (κ3) is 9.70. The highest BCUT2D eigenvalue weighted by atomic mass is 16.7. The Balaban J connectivity index is 0.000000332. The van der Waals surface area contributed by atoms with Gasteiger partial charge in [0.05, 0.1) is 23.3 Å². The second-order valence-corrected chi connectivity index (χ2v) is 11.3. The fourth-order valence-electron chi connectivity index (χ4n) is 4.25. The molecule has 12 heteroatoms. The third-order valence-corrected chi connectivity index (χ3v) is 6.54. The van der Waals surface area contributed by atoms with E-state index in [1.165, 1.54) is 13.8 Å². The van der Waals surface area contributed by atoms with E-state index in [-0.39, 0.29) is 28.4 Å². The molecular weight excluding hydrogens is 558 g/mol. The molecule has 0 aromatic heterocycles. The lowest BCUT2D eigenvalue weighted by Crippen LogP contribution is -2.58. The molecule has 12 nitrogen and oxygen atoms in total. The van der Waals surface area contributed by atoms with Crippen LogP contribution in [-0.4, -0.2) is 74.0 Å². The number of benzene rings is 2. The molecule has 3 rings (SSSR count). The summed E-state index contributed by atoms with van der Waals surface area (Å²) in [6.45, 7) is 10.9. The van der Waals surface area contributed by atoms with E-state index in [0.717, 1.165) is 13.3 Å². The summed E-state index contributed by atoms with van der Waals surface area (Å²) >= 11 is 0. The van der Waals surface area contributed by atoms with E-state index in [9.17, 15) is 24.0 Å². The summed E-state index contributed by atoms with van der Waals surface area (Å²) in [7, 11) is 0. The maximum Gasteiger partial charge on any atom is 0.417 e. The average Bonchev–Trinajstić information content (AvgIpc) is 3.03. The maximum atomic E-state index is 13.2. The molecule has 234 valence electrons. The molecule has 3 amide bonds. The smallest absolute Gasteiger partial charge is 0.417 e. The fourth-order valence-corrected chi connectivity index (χ4v) is 4.25. The largest absolute Gasteiger partial charge is 0.444 e. The second-order valence-electron chi connectivity index (χ2n) is 11.3. The zero-order valence-electron chi connectivity index (χ0n) is 25.6. The first-order valence-corrected chi connectivity index (χ1v) is 13.9. The van der Waals surface area contributed by atoms with Crippen molar-refractivity contribution in [3.05, 3.63) is 59.7 Å². The Morgan fingerprint density at radius 2 is 1.56 bits per heavy atom. The van der Waals surface area contributed by atoms with Crippen LogP contribution in [-0.2, 0) is 14.3 Å². The number of nitrogens with zero attached hydrogens (tertiary/aromatic N) is 2. The topological polar surface area (TPSA) is 174 Å². The molecule has 1 unspecified atom stereocenters. The number of hydrogen-bond acceptors (Lipinski definition) is 9. The van der Waals surface area contributed by atoms with E-state index in [2.05, 4.69) is 5.32 Å². The molecule has 1 heterocycles. The monoisotopic (exact) mass is 599 g/mol. The molecule has 0 bridgehead atoms. The van der Waals surface area contributed by atoms with Gasteiger partial charge in [-0.3, -0.25) is 19.2 Å². The Kier molecular flexibility index (Phi) is 11.7. The summed E-state index contributed by atoms with van der Waals surface area (Å²) in [4.78, 5) is 61.7. The normalized spacial score (nSPS) is 15.5. The number of rotatable bonds is 7. The molecule has 0 saturated heterocycles. The number of hydrogen-bond donors (Lipinski definition) is 4. The summed E-state index contributed by atoms with van der Waals surface area (Å²) in [6.07, 6.45) is -3.07. The van der Waals surface area contributed by atoms with Crippen molar-refractivity contribution in [3.8, 4) is 0 Å². The van der Waals surface area contributed by atoms with E-state index in [4.69, 9.17) is 20.1 Å². The van der Waals surface area contributed by atoms with Gasteiger partial charge in [0.15, 0.2) is 11.6 Å². The zero-order valence-corrected chi connectivity index (χ0v) is 25.6. The van der Waals surface area contributed by atoms with E-state index in [1.54, 1.807) is 56.0 Å². The van der Waals surface area contributed by atoms with Crippen LogP contribution < -0.4 is 10.2 Å². The van der Waals surface area contributed by atoms with Gasteiger partial charge in [0.25, 0.3) is 5.91 Å². The SMILES string of the molecule is CC(=O)[C@H](C)N(C(=O)OC(C)(C)C)C(O)(O)O.CCCC1CN(C(=O)c2ccc(C(C)=O)cc2)c2ccccc2NC1=O. The first-order chi connectivity index (χ1) is 19.9. The van der Waals surface area contributed by atoms with Crippen molar-refractivity contribution in [1.29, 1.82) is 0 Å². The minimum absolute atomic E-state index is 0.0399. The highest BCUT2D eigenvalue weighted by Crippen LogP contribution is 2.32. The van der Waals surface area contributed by atoms with Crippen LogP contribution in [0.25, 0.3) is 0 Å². The van der Waals surface area contributed by atoms with Crippen LogP contribution in [0.5, 0.6) is 0 Å². The van der Waals surface area contributed by atoms with Gasteiger partial charge in [-0.25, -0.2) is 9.69 Å². The summed E-state index contributed by atoms with van der Waals surface area (Å²) in [5.41, 5.74) is 1.51. The molecule has 0 fully saturated rings. The van der Waals surface area contributed by atoms with E-state index < -0.39 is 29.6 Å². The summed E-state index contributed by atoms with van der Waals surface area (Å²) in [5, 5.41) is 30.1. The Hall–Kier alpha value is -4.13. The number of aliphatic hydroxyl groups is 3. The molecule has 2 aromatic carbocycles. The highest BCUT2D eigenvalue weighted by Gasteiger charge is 2.42. The van der Waals surface area contributed by atoms with Crippen molar-refractivity contribution in [2.75, 3.05) is 16.8 Å². The van der Waals surface area contributed by atoms with Gasteiger partial charge in [0.2, 0.25) is 5.91 Å². The molecule has 43 heavy (non-hydrogen) atoms. The number of fused-ring (bicyclic) bond motifs is 1. The number of para-hydroxylation sites is 2. The van der Waals surface area contributed by atoms with Gasteiger partial charge < -0.3 is 30.3 Å². The lowest BCUT2D eigenvalue weighted by atomic mass is 10.0. The minimum Gasteiger partial charge on any atom is -0.444 e. The Morgan fingerprint density at radius 3 is 2.05 bits per heavy atom. The lowest BCUT2D eigenvalue weighted by molar-refractivity contribution is -0.385. The molecule has 2 aromatic rings. The molecule has 0 spiro atoms. The van der Waals surface area contributed by atoms with Crippen LogP contribution in [0.15, 0.2) is 48.5 Å². The number of ketones is 2. The number of amides is 3. The Labute approximate surface area is 251 Å². The van der Waals surface area contributed by atoms with Gasteiger partial charge in [-0.05, 0) is 72.2 Å². The van der Waals surface area contributed by atoms with Crippen LogP contribution in [0.2, 0.25) is 0 Å². The molecular formula is C31H41N3O9. The number of ether oxygens (including phenoxy) is 1. The van der Waals surface area contributed by atoms with Crippen LogP contribution in [0, 0.1) is 5.92 Å². The first kappa shape index (κ1) is 35.1.